The Morgan fingerprint density at radius 2 is 1.39 bits per heavy atom. The fourth-order valence-corrected chi connectivity index (χ4v) is 2.06. The van der Waals surface area contributed by atoms with Gasteiger partial charge in [0.25, 0.3) is 0 Å². The third kappa shape index (κ3) is 5.01. The van der Waals surface area contributed by atoms with Crippen molar-refractivity contribution >= 4 is 0 Å². The Balaban J connectivity index is 2.55. The fourth-order valence-electron chi connectivity index (χ4n) is 2.06. The standard InChI is InChI=1S/C12H24O11/c13-1-4(15)7(17)8(18)5(16)3-22-12-11(21)10(20)9(19)6(2-14)23-12/h4-21H,1-3H2/t4-,5+,6?,7+,8+,9+,10?,11?,12-/m0/s1. The molecule has 1 heterocycles. The number of aliphatic hydroxyl groups is 9. The van der Waals surface area contributed by atoms with Crippen LogP contribution in [0.25, 0.3) is 0 Å². The number of ether oxygens (including phenoxy) is 2. The lowest BCUT2D eigenvalue weighted by Crippen LogP contribution is -2.59. The Bertz CT molecular complexity index is 341. The molecule has 11 nitrogen and oxygen atoms in total. The molecular weight excluding hydrogens is 320 g/mol. The zero-order valence-corrected chi connectivity index (χ0v) is 12.2. The van der Waals surface area contributed by atoms with Gasteiger partial charge in [-0.1, -0.05) is 0 Å². The van der Waals surface area contributed by atoms with E-state index in [1.807, 2.05) is 0 Å². The highest BCUT2D eigenvalue weighted by Gasteiger charge is 2.44. The molecule has 1 saturated heterocycles. The third-order valence-corrected chi connectivity index (χ3v) is 3.61. The maximum atomic E-state index is 9.70. The van der Waals surface area contributed by atoms with E-state index < -0.39 is 74.9 Å². The Labute approximate surface area is 131 Å². The van der Waals surface area contributed by atoms with Gasteiger partial charge in [0.1, 0.15) is 48.8 Å². The molecule has 1 fully saturated rings. The number of rotatable bonds is 8. The zero-order chi connectivity index (χ0) is 17.7. The summed E-state index contributed by atoms with van der Waals surface area (Å²) < 4.78 is 9.99. The molecule has 0 radical (unpaired) electrons. The van der Waals surface area contributed by atoms with Crippen LogP contribution >= 0.6 is 0 Å². The zero-order valence-electron chi connectivity index (χ0n) is 12.2. The second-order valence-electron chi connectivity index (χ2n) is 5.33. The number of hydrogen-bond acceptors (Lipinski definition) is 11. The first-order valence-electron chi connectivity index (χ1n) is 6.99. The van der Waals surface area contributed by atoms with Crippen LogP contribution in [0.3, 0.4) is 0 Å². The van der Waals surface area contributed by atoms with Crippen molar-refractivity contribution in [1.82, 2.24) is 0 Å². The van der Waals surface area contributed by atoms with E-state index in [4.69, 9.17) is 19.7 Å². The van der Waals surface area contributed by atoms with Gasteiger partial charge in [-0.3, -0.25) is 0 Å². The van der Waals surface area contributed by atoms with E-state index in [-0.39, 0.29) is 0 Å². The molecule has 0 aromatic heterocycles. The Hall–Kier alpha value is -0.440. The van der Waals surface area contributed by atoms with E-state index in [2.05, 4.69) is 0 Å². The molecule has 1 aliphatic rings. The minimum Gasteiger partial charge on any atom is -0.394 e. The van der Waals surface area contributed by atoms with Crippen LogP contribution in [0.4, 0.5) is 0 Å². The predicted octanol–water partition coefficient (Wildman–Crippen LogP) is -5.76. The lowest BCUT2D eigenvalue weighted by atomic mass is 9.99. The van der Waals surface area contributed by atoms with Crippen molar-refractivity contribution < 1.29 is 55.4 Å². The van der Waals surface area contributed by atoms with Crippen molar-refractivity contribution in [1.29, 1.82) is 0 Å². The number of hydrogen-bond donors (Lipinski definition) is 9. The summed E-state index contributed by atoms with van der Waals surface area (Å²) in [6.45, 7) is -2.16. The van der Waals surface area contributed by atoms with Crippen molar-refractivity contribution in [2.75, 3.05) is 19.8 Å². The van der Waals surface area contributed by atoms with Gasteiger partial charge in [-0.2, -0.15) is 0 Å². The molecule has 9 N–H and O–H groups in total. The summed E-state index contributed by atoms with van der Waals surface area (Å²) in [4.78, 5) is 0. The minimum absolute atomic E-state index is 0.655. The average molecular weight is 344 g/mol. The van der Waals surface area contributed by atoms with Gasteiger partial charge >= 0.3 is 0 Å². The smallest absolute Gasteiger partial charge is 0.186 e. The van der Waals surface area contributed by atoms with E-state index in [1.165, 1.54) is 0 Å². The number of aliphatic hydroxyl groups excluding tert-OH is 9. The van der Waals surface area contributed by atoms with Gasteiger partial charge in [-0.05, 0) is 0 Å². The van der Waals surface area contributed by atoms with Gasteiger partial charge in [0.15, 0.2) is 6.29 Å². The Kier molecular flexibility index (Phi) is 8.20. The molecule has 0 bridgehead atoms. The molecule has 0 aromatic rings. The molecular formula is C12H24O11. The van der Waals surface area contributed by atoms with Crippen LogP contribution in [0.15, 0.2) is 0 Å². The maximum Gasteiger partial charge on any atom is 0.186 e. The van der Waals surface area contributed by atoms with Crippen molar-refractivity contribution in [2.45, 2.75) is 55.1 Å². The third-order valence-electron chi connectivity index (χ3n) is 3.61. The van der Waals surface area contributed by atoms with Gasteiger partial charge < -0.3 is 55.4 Å². The molecule has 0 saturated carbocycles. The molecule has 0 spiro atoms. The normalized spacial score (nSPS) is 37.2. The van der Waals surface area contributed by atoms with E-state index in [0.717, 1.165) is 0 Å². The molecule has 9 atom stereocenters. The molecule has 23 heavy (non-hydrogen) atoms. The first-order chi connectivity index (χ1) is 10.7. The van der Waals surface area contributed by atoms with Crippen LogP contribution in [-0.2, 0) is 9.47 Å². The lowest BCUT2D eigenvalue weighted by molar-refractivity contribution is -0.306. The summed E-state index contributed by atoms with van der Waals surface area (Å²) in [5.74, 6) is 0. The highest BCUT2D eigenvalue weighted by molar-refractivity contribution is 4.89. The van der Waals surface area contributed by atoms with Crippen LogP contribution in [0.1, 0.15) is 0 Å². The summed E-state index contributed by atoms with van der Waals surface area (Å²) in [5, 5.41) is 84.4. The van der Waals surface area contributed by atoms with Crippen LogP contribution in [0.5, 0.6) is 0 Å². The van der Waals surface area contributed by atoms with E-state index in [0.29, 0.717) is 0 Å². The maximum absolute atomic E-state index is 9.70. The van der Waals surface area contributed by atoms with Gasteiger partial charge in [-0.15, -0.1) is 0 Å². The summed E-state index contributed by atoms with van der Waals surface area (Å²) in [5.41, 5.74) is 0. The average Bonchev–Trinajstić information content (AvgIpc) is 2.56. The van der Waals surface area contributed by atoms with Gasteiger partial charge in [0.2, 0.25) is 0 Å². The highest BCUT2D eigenvalue weighted by atomic mass is 16.7. The van der Waals surface area contributed by atoms with Crippen molar-refractivity contribution in [3.63, 3.8) is 0 Å². The molecule has 0 amide bonds. The minimum atomic E-state index is -1.86. The summed E-state index contributed by atoms with van der Waals surface area (Å²) >= 11 is 0. The quantitative estimate of drug-likeness (QED) is 0.203. The molecule has 138 valence electrons. The monoisotopic (exact) mass is 344 g/mol. The Morgan fingerprint density at radius 3 is 1.91 bits per heavy atom. The predicted molar refractivity (Wildman–Crippen MR) is 70.8 cm³/mol. The van der Waals surface area contributed by atoms with E-state index in [9.17, 15) is 35.7 Å². The van der Waals surface area contributed by atoms with Crippen LogP contribution in [0, 0.1) is 0 Å². The Morgan fingerprint density at radius 1 is 0.826 bits per heavy atom. The molecule has 3 unspecified atom stereocenters. The summed E-state index contributed by atoms with van der Waals surface area (Å²) in [6.07, 6.45) is -14.7. The SMILES string of the molecule is OCC1O[C@H](OC[C@@H](O)[C@@H](O)[C@H](O)[C@@H](O)CO)C(O)C(O)[C@@H]1O. The van der Waals surface area contributed by atoms with Gasteiger partial charge in [0.05, 0.1) is 19.8 Å². The summed E-state index contributed by atoms with van der Waals surface area (Å²) in [7, 11) is 0. The topological polar surface area (TPSA) is 201 Å². The van der Waals surface area contributed by atoms with Gasteiger partial charge in [-0.25, -0.2) is 0 Å². The summed E-state index contributed by atoms with van der Waals surface area (Å²) in [6, 6.07) is 0. The first-order valence-corrected chi connectivity index (χ1v) is 6.99. The first kappa shape index (κ1) is 20.6. The van der Waals surface area contributed by atoms with E-state index in [1.54, 1.807) is 0 Å². The van der Waals surface area contributed by atoms with Crippen LogP contribution < -0.4 is 0 Å². The lowest BCUT2D eigenvalue weighted by Gasteiger charge is -2.40. The fraction of sp³-hybridized carbons (Fsp3) is 1.00. The second kappa shape index (κ2) is 9.15. The molecule has 11 heteroatoms. The van der Waals surface area contributed by atoms with Crippen molar-refractivity contribution in [3.8, 4) is 0 Å². The van der Waals surface area contributed by atoms with E-state index >= 15 is 0 Å². The molecule has 1 aliphatic heterocycles. The second-order valence-corrected chi connectivity index (χ2v) is 5.33. The van der Waals surface area contributed by atoms with Crippen molar-refractivity contribution in [3.05, 3.63) is 0 Å². The largest absolute Gasteiger partial charge is 0.394 e. The molecule has 0 aliphatic carbocycles. The molecule has 0 aromatic carbocycles. The van der Waals surface area contributed by atoms with Gasteiger partial charge in [0, 0.05) is 0 Å². The van der Waals surface area contributed by atoms with Crippen LogP contribution in [-0.4, -0.2) is 121 Å². The van der Waals surface area contributed by atoms with Crippen molar-refractivity contribution in [2.24, 2.45) is 0 Å². The highest BCUT2D eigenvalue weighted by Crippen LogP contribution is 2.22. The van der Waals surface area contributed by atoms with Crippen LogP contribution in [0.2, 0.25) is 0 Å². The molecule has 1 rings (SSSR count).